The van der Waals surface area contributed by atoms with E-state index in [9.17, 15) is 4.79 Å². The molecule has 2 rings (SSSR count). The van der Waals surface area contributed by atoms with E-state index in [2.05, 4.69) is 31.4 Å². The van der Waals surface area contributed by atoms with Crippen molar-refractivity contribution in [3.05, 3.63) is 58.3 Å². The summed E-state index contributed by atoms with van der Waals surface area (Å²) in [6.45, 7) is 3.81. The second-order valence-corrected chi connectivity index (χ2v) is 5.71. The Hall–Kier alpha value is -2.21. The van der Waals surface area contributed by atoms with Crippen LogP contribution in [0.5, 0.6) is 5.75 Å². The number of nitrogens with zero attached hydrogens (tertiary/aromatic N) is 2. The van der Waals surface area contributed by atoms with E-state index in [-0.39, 0.29) is 12.0 Å². The Bertz CT molecular complexity index is 672. The number of hydrazone groups is 1. The molecule has 1 N–H and O–H groups in total. The highest BCUT2D eigenvalue weighted by molar-refractivity contribution is 9.10. The molecule has 0 aliphatic heterocycles. The molecule has 1 aromatic carbocycles. The smallest absolute Gasteiger partial charge is 0.275 e. The summed E-state index contributed by atoms with van der Waals surface area (Å²) in [6.07, 6.45) is 4.84. The van der Waals surface area contributed by atoms with Crippen molar-refractivity contribution in [1.82, 2.24) is 10.4 Å². The van der Waals surface area contributed by atoms with Gasteiger partial charge in [-0.3, -0.25) is 9.78 Å². The van der Waals surface area contributed by atoms with Gasteiger partial charge in [0.1, 0.15) is 5.75 Å². The van der Waals surface area contributed by atoms with Crippen LogP contribution in [0.25, 0.3) is 0 Å². The molecule has 0 fully saturated rings. The molecule has 22 heavy (non-hydrogen) atoms. The summed E-state index contributed by atoms with van der Waals surface area (Å²) >= 11 is 3.35. The molecular formula is C16H16BrN3O2. The van der Waals surface area contributed by atoms with Crippen LogP contribution in [0.4, 0.5) is 0 Å². The number of aromatic nitrogens is 1. The topological polar surface area (TPSA) is 63.6 Å². The highest BCUT2D eigenvalue weighted by Crippen LogP contribution is 2.24. The third-order valence-electron chi connectivity index (χ3n) is 2.61. The Morgan fingerprint density at radius 2 is 2.23 bits per heavy atom. The van der Waals surface area contributed by atoms with Crippen molar-refractivity contribution in [3.63, 3.8) is 0 Å². The number of pyridine rings is 1. The number of nitrogens with one attached hydrogen (secondary N) is 1. The minimum atomic E-state index is -0.336. The van der Waals surface area contributed by atoms with Gasteiger partial charge in [-0.1, -0.05) is 22.0 Å². The number of hydrogen-bond acceptors (Lipinski definition) is 4. The van der Waals surface area contributed by atoms with Crippen LogP contribution in [0.2, 0.25) is 0 Å². The molecule has 0 bridgehead atoms. The Morgan fingerprint density at radius 3 is 2.91 bits per heavy atom. The Labute approximate surface area is 137 Å². The lowest BCUT2D eigenvalue weighted by Gasteiger charge is -2.13. The predicted molar refractivity (Wildman–Crippen MR) is 89.2 cm³/mol. The molecule has 0 aliphatic rings. The van der Waals surface area contributed by atoms with Gasteiger partial charge in [0.15, 0.2) is 0 Å². The van der Waals surface area contributed by atoms with E-state index >= 15 is 0 Å². The summed E-state index contributed by atoms with van der Waals surface area (Å²) in [7, 11) is 0. The first-order chi connectivity index (χ1) is 10.6. The van der Waals surface area contributed by atoms with Crippen LogP contribution in [-0.4, -0.2) is 23.2 Å². The van der Waals surface area contributed by atoms with Gasteiger partial charge in [0.25, 0.3) is 5.91 Å². The van der Waals surface area contributed by atoms with Crippen molar-refractivity contribution in [1.29, 1.82) is 0 Å². The Morgan fingerprint density at radius 1 is 1.41 bits per heavy atom. The van der Waals surface area contributed by atoms with Crippen LogP contribution in [0.3, 0.4) is 0 Å². The lowest BCUT2D eigenvalue weighted by molar-refractivity contribution is 0.0949. The SMILES string of the molecule is CC(C)Oc1ccc(Br)cc1C(=O)NN=Cc1cccnc1. The number of benzene rings is 1. The molecule has 1 heterocycles. The fourth-order valence-corrected chi connectivity index (χ4v) is 2.08. The molecule has 0 saturated carbocycles. The summed E-state index contributed by atoms with van der Waals surface area (Å²) in [6, 6.07) is 8.92. The van der Waals surface area contributed by atoms with Crippen LogP contribution in [0.1, 0.15) is 29.8 Å². The van der Waals surface area contributed by atoms with Crippen molar-refractivity contribution in [2.75, 3.05) is 0 Å². The number of halogens is 1. The molecular weight excluding hydrogens is 346 g/mol. The number of ether oxygens (including phenoxy) is 1. The highest BCUT2D eigenvalue weighted by Gasteiger charge is 2.13. The second kappa shape index (κ2) is 7.70. The van der Waals surface area contributed by atoms with Crippen LogP contribution >= 0.6 is 15.9 Å². The van der Waals surface area contributed by atoms with Crippen molar-refractivity contribution >= 4 is 28.1 Å². The van der Waals surface area contributed by atoms with Gasteiger partial charge >= 0.3 is 0 Å². The lowest BCUT2D eigenvalue weighted by atomic mass is 10.2. The van der Waals surface area contributed by atoms with Crippen molar-refractivity contribution in [2.24, 2.45) is 5.10 Å². The molecule has 0 atom stereocenters. The Kier molecular flexibility index (Phi) is 5.66. The highest BCUT2D eigenvalue weighted by atomic mass is 79.9. The number of amides is 1. The fourth-order valence-electron chi connectivity index (χ4n) is 1.71. The van der Waals surface area contributed by atoms with E-state index in [1.165, 1.54) is 6.21 Å². The quantitative estimate of drug-likeness (QED) is 0.655. The maximum atomic E-state index is 12.2. The molecule has 0 unspecified atom stereocenters. The molecule has 0 spiro atoms. The van der Waals surface area contributed by atoms with E-state index in [0.717, 1.165) is 10.0 Å². The molecule has 1 amide bonds. The number of carbonyl (C=O) groups is 1. The molecule has 1 aromatic heterocycles. The maximum absolute atomic E-state index is 12.2. The molecule has 0 aliphatic carbocycles. The van der Waals surface area contributed by atoms with Gasteiger partial charge in [-0.15, -0.1) is 0 Å². The minimum Gasteiger partial charge on any atom is -0.490 e. The minimum absolute atomic E-state index is 0.0216. The molecule has 6 heteroatoms. The predicted octanol–water partition coefficient (Wildman–Crippen LogP) is 3.40. The average molecular weight is 362 g/mol. The van der Waals surface area contributed by atoms with Gasteiger partial charge in [0.05, 0.1) is 17.9 Å². The summed E-state index contributed by atoms with van der Waals surface area (Å²) in [5.74, 6) is 0.185. The molecule has 5 nitrogen and oxygen atoms in total. The zero-order valence-corrected chi connectivity index (χ0v) is 13.9. The van der Waals surface area contributed by atoms with Gasteiger partial charge in [0.2, 0.25) is 0 Å². The lowest BCUT2D eigenvalue weighted by Crippen LogP contribution is -2.20. The largest absolute Gasteiger partial charge is 0.490 e. The van der Waals surface area contributed by atoms with Gasteiger partial charge < -0.3 is 4.74 Å². The second-order valence-electron chi connectivity index (χ2n) is 4.79. The van der Waals surface area contributed by atoms with E-state index in [1.54, 1.807) is 30.6 Å². The van der Waals surface area contributed by atoms with Crippen LogP contribution < -0.4 is 10.2 Å². The molecule has 0 saturated heterocycles. The van der Waals surface area contributed by atoms with E-state index in [0.29, 0.717) is 11.3 Å². The first-order valence-corrected chi connectivity index (χ1v) is 7.55. The zero-order valence-electron chi connectivity index (χ0n) is 12.3. The van der Waals surface area contributed by atoms with Crippen LogP contribution in [-0.2, 0) is 0 Å². The first-order valence-electron chi connectivity index (χ1n) is 6.76. The van der Waals surface area contributed by atoms with Crippen molar-refractivity contribution in [2.45, 2.75) is 20.0 Å². The summed E-state index contributed by atoms with van der Waals surface area (Å²) in [4.78, 5) is 16.2. The van der Waals surface area contributed by atoms with Crippen molar-refractivity contribution in [3.8, 4) is 5.75 Å². The third-order valence-corrected chi connectivity index (χ3v) is 3.11. The third kappa shape index (κ3) is 4.66. The number of hydrogen-bond donors (Lipinski definition) is 1. The first kappa shape index (κ1) is 16.2. The maximum Gasteiger partial charge on any atom is 0.275 e. The van der Waals surface area contributed by atoms with E-state index < -0.39 is 0 Å². The van der Waals surface area contributed by atoms with E-state index in [1.807, 2.05) is 26.0 Å². The van der Waals surface area contributed by atoms with Crippen molar-refractivity contribution < 1.29 is 9.53 Å². The summed E-state index contributed by atoms with van der Waals surface area (Å²) < 4.78 is 6.44. The molecule has 2 aromatic rings. The van der Waals surface area contributed by atoms with Gasteiger partial charge in [-0.25, -0.2) is 5.43 Å². The van der Waals surface area contributed by atoms with Crippen LogP contribution in [0, 0.1) is 0 Å². The Balaban J connectivity index is 2.12. The van der Waals surface area contributed by atoms with Gasteiger partial charge in [-0.2, -0.15) is 5.10 Å². The van der Waals surface area contributed by atoms with Gasteiger partial charge in [0, 0.05) is 22.4 Å². The standard InChI is InChI=1S/C16H16BrN3O2/c1-11(2)22-15-6-5-13(17)8-14(15)16(21)20-19-10-12-4-3-7-18-9-12/h3-11H,1-2H3,(H,20,21). The van der Waals surface area contributed by atoms with Gasteiger partial charge in [-0.05, 0) is 38.1 Å². The fraction of sp³-hybridized carbons (Fsp3) is 0.188. The summed E-state index contributed by atoms with van der Waals surface area (Å²) in [5, 5.41) is 3.93. The van der Waals surface area contributed by atoms with Crippen LogP contribution in [0.15, 0.2) is 52.3 Å². The number of carbonyl (C=O) groups excluding carboxylic acids is 1. The molecule has 0 radical (unpaired) electrons. The molecule has 114 valence electrons. The normalized spacial score (nSPS) is 10.9. The summed E-state index contributed by atoms with van der Waals surface area (Å²) in [5.41, 5.74) is 3.71. The van der Waals surface area contributed by atoms with E-state index in [4.69, 9.17) is 4.74 Å². The number of rotatable bonds is 5. The average Bonchev–Trinajstić information content (AvgIpc) is 2.49. The monoisotopic (exact) mass is 361 g/mol. The zero-order chi connectivity index (χ0) is 15.9.